The number of nitrogens with one attached hydrogen (secondary N) is 1. The van der Waals surface area contributed by atoms with E-state index in [9.17, 15) is 14.7 Å². The molecule has 2 rings (SSSR count). The Morgan fingerprint density at radius 1 is 1.52 bits per heavy atom. The van der Waals surface area contributed by atoms with E-state index >= 15 is 0 Å². The van der Waals surface area contributed by atoms with Crippen LogP contribution in [0.25, 0.3) is 0 Å². The van der Waals surface area contributed by atoms with E-state index in [0.717, 1.165) is 0 Å². The van der Waals surface area contributed by atoms with Crippen molar-refractivity contribution in [1.82, 2.24) is 10.3 Å². The summed E-state index contributed by atoms with van der Waals surface area (Å²) in [5, 5.41) is 12.1. The van der Waals surface area contributed by atoms with Crippen LogP contribution in [0.1, 0.15) is 42.4 Å². The van der Waals surface area contributed by atoms with Gasteiger partial charge >= 0.3 is 5.97 Å². The van der Waals surface area contributed by atoms with Crippen molar-refractivity contribution in [3.63, 3.8) is 0 Å². The first kappa shape index (κ1) is 17.4. The van der Waals surface area contributed by atoms with Gasteiger partial charge in [-0.3, -0.25) is 4.79 Å². The Hall–Kier alpha value is -1.99. The third-order valence-electron chi connectivity index (χ3n) is 3.96. The zero-order valence-electron chi connectivity index (χ0n) is 13.3. The average Bonchev–Trinajstić information content (AvgIpc) is 2.78. The molecule has 23 heavy (non-hydrogen) atoms. The molecule has 0 fully saturated rings. The molecule has 1 amide bonds. The minimum absolute atomic E-state index is 0.0417. The Balaban J connectivity index is 2.58. The van der Waals surface area contributed by atoms with Crippen molar-refractivity contribution in [2.75, 3.05) is 7.11 Å². The lowest BCUT2D eigenvalue weighted by Gasteiger charge is -2.21. The molecule has 124 valence electrons. The topological polar surface area (TPSA) is 101 Å². The Kier molecular flexibility index (Phi) is 4.72. The van der Waals surface area contributed by atoms with Gasteiger partial charge in [0, 0.05) is 12.7 Å². The van der Waals surface area contributed by atoms with Crippen molar-refractivity contribution in [1.29, 1.82) is 0 Å². The smallest absolute Gasteiger partial charge is 0.338 e. The summed E-state index contributed by atoms with van der Waals surface area (Å²) < 4.78 is 4.97. The van der Waals surface area contributed by atoms with E-state index in [4.69, 9.17) is 16.3 Å². The number of rotatable bonds is 5. The second kappa shape index (κ2) is 6.25. The van der Waals surface area contributed by atoms with Gasteiger partial charge in [0.05, 0.1) is 12.2 Å². The van der Waals surface area contributed by atoms with Crippen molar-refractivity contribution in [2.24, 2.45) is 10.9 Å². The zero-order chi connectivity index (χ0) is 17.4. The van der Waals surface area contributed by atoms with Gasteiger partial charge in [-0.2, -0.15) is 0 Å². The molecule has 1 unspecified atom stereocenters. The number of hydrogen-bond acceptors (Lipinski definition) is 5. The maximum Gasteiger partial charge on any atom is 0.338 e. The Morgan fingerprint density at radius 3 is 2.65 bits per heavy atom. The number of carboxylic acid groups (broad SMARTS) is 1. The third kappa shape index (κ3) is 3.07. The van der Waals surface area contributed by atoms with Crippen LogP contribution in [-0.2, 0) is 16.1 Å². The minimum Gasteiger partial charge on any atom is -0.478 e. The molecule has 0 radical (unpaired) electrons. The monoisotopic (exact) mass is 339 g/mol. The van der Waals surface area contributed by atoms with Crippen molar-refractivity contribution >= 4 is 29.3 Å². The average molecular weight is 340 g/mol. The van der Waals surface area contributed by atoms with E-state index < -0.39 is 11.5 Å². The quantitative estimate of drug-likeness (QED) is 0.797. The summed E-state index contributed by atoms with van der Waals surface area (Å²) in [5.74, 6) is -1.42. The van der Waals surface area contributed by atoms with Crippen LogP contribution >= 0.6 is 11.6 Å². The van der Waals surface area contributed by atoms with E-state index in [2.05, 4.69) is 15.3 Å². The van der Waals surface area contributed by atoms with Gasteiger partial charge < -0.3 is 15.2 Å². The van der Waals surface area contributed by atoms with Gasteiger partial charge in [0.15, 0.2) is 5.84 Å². The molecule has 8 heteroatoms. The van der Waals surface area contributed by atoms with E-state index in [1.165, 1.54) is 13.2 Å². The molecule has 0 aromatic carbocycles. The number of carbonyl (C=O) groups is 2. The molecular weight excluding hydrogens is 322 g/mol. The molecule has 1 aromatic heterocycles. The summed E-state index contributed by atoms with van der Waals surface area (Å²) in [6.45, 7) is 5.56. The van der Waals surface area contributed by atoms with Crippen molar-refractivity contribution in [3.8, 4) is 0 Å². The molecule has 7 nitrogen and oxygen atoms in total. The lowest BCUT2D eigenvalue weighted by molar-refractivity contribution is -0.124. The van der Waals surface area contributed by atoms with Crippen LogP contribution < -0.4 is 5.32 Å². The van der Waals surface area contributed by atoms with Crippen LogP contribution in [0.5, 0.6) is 0 Å². The number of aromatic carboxylic acids is 1. The third-order valence-corrected chi connectivity index (χ3v) is 4.29. The maximum atomic E-state index is 12.2. The van der Waals surface area contributed by atoms with Gasteiger partial charge in [-0.05, 0) is 18.9 Å². The number of aliphatic imine (C=N–C) groups is 1. The predicted octanol–water partition coefficient (Wildman–Crippen LogP) is 1.87. The van der Waals surface area contributed by atoms with Crippen LogP contribution in [0.2, 0.25) is 5.15 Å². The highest BCUT2D eigenvalue weighted by molar-refractivity contribution is 6.30. The number of methoxy groups -OCH3 is 1. The highest BCUT2D eigenvalue weighted by atomic mass is 35.5. The van der Waals surface area contributed by atoms with Crippen LogP contribution in [0.15, 0.2) is 11.1 Å². The SMILES string of the molecule is COCc1cc(C(=O)O)c(C2=NC(C)(C(C)C)C(=O)N2)nc1Cl. The molecule has 1 aliphatic rings. The number of amides is 1. The number of ether oxygens (including phenoxy) is 1. The fourth-order valence-corrected chi connectivity index (χ4v) is 2.37. The van der Waals surface area contributed by atoms with E-state index in [-0.39, 0.29) is 40.7 Å². The molecule has 0 saturated heterocycles. The highest BCUT2D eigenvalue weighted by Gasteiger charge is 2.43. The molecule has 0 bridgehead atoms. The standard InChI is InChI=1S/C15H18ClN3O4/c1-7(2)15(3)14(22)18-12(19-15)10-9(13(20)21)5-8(6-23-4)11(16)17-10/h5,7H,6H2,1-4H3,(H,20,21)(H,18,19,22). The first-order valence-electron chi connectivity index (χ1n) is 7.04. The molecule has 1 aliphatic heterocycles. The Morgan fingerprint density at radius 2 is 2.17 bits per heavy atom. The van der Waals surface area contributed by atoms with E-state index in [0.29, 0.717) is 5.56 Å². The number of nitrogens with zero attached hydrogens (tertiary/aromatic N) is 2. The van der Waals surface area contributed by atoms with Gasteiger partial charge in [0.25, 0.3) is 5.91 Å². The van der Waals surface area contributed by atoms with Gasteiger partial charge in [-0.25, -0.2) is 14.8 Å². The predicted molar refractivity (Wildman–Crippen MR) is 84.8 cm³/mol. The van der Waals surface area contributed by atoms with Crippen LogP contribution in [0, 0.1) is 5.92 Å². The number of carbonyl (C=O) groups excluding carboxylic acids is 1. The summed E-state index contributed by atoms with van der Waals surface area (Å²) in [7, 11) is 1.47. The molecule has 2 N–H and O–H groups in total. The van der Waals surface area contributed by atoms with E-state index in [1.54, 1.807) is 6.92 Å². The molecule has 0 aliphatic carbocycles. The number of hydrogen-bond donors (Lipinski definition) is 2. The number of carboxylic acids is 1. The van der Waals surface area contributed by atoms with Crippen molar-refractivity contribution in [3.05, 3.63) is 28.0 Å². The van der Waals surface area contributed by atoms with E-state index in [1.807, 2.05) is 13.8 Å². The van der Waals surface area contributed by atoms with Gasteiger partial charge in [-0.1, -0.05) is 25.4 Å². The number of halogens is 1. The summed E-state index contributed by atoms with van der Waals surface area (Å²) >= 11 is 6.08. The first-order chi connectivity index (χ1) is 10.7. The summed E-state index contributed by atoms with van der Waals surface area (Å²) in [6.07, 6.45) is 0. The van der Waals surface area contributed by atoms with Crippen LogP contribution in [-0.4, -0.2) is 40.5 Å². The fourth-order valence-electron chi connectivity index (χ4n) is 2.18. The highest BCUT2D eigenvalue weighted by Crippen LogP contribution is 2.28. The Bertz CT molecular complexity index is 702. The lowest BCUT2D eigenvalue weighted by atomic mass is 9.89. The number of amidine groups is 1. The van der Waals surface area contributed by atoms with Gasteiger partial charge in [0.1, 0.15) is 16.4 Å². The summed E-state index contributed by atoms with van der Waals surface area (Å²) in [4.78, 5) is 32.2. The largest absolute Gasteiger partial charge is 0.478 e. The fraction of sp³-hybridized carbons (Fsp3) is 0.467. The van der Waals surface area contributed by atoms with Crippen molar-refractivity contribution < 1.29 is 19.4 Å². The second-order valence-electron chi connectivity index (χ2n) is 5.79. The minimum atomic E-state index is -1.18. The molecule has 2 heterocycles. The molecule has 1 aromatic rings. The van der Waals surface area contributed by atoms with Crippen LogP contribution in [0.3, 0.4) is 0 Å². The van der Waals surface area contributed by atoms with Gasteiger partial charge in [-0.15, -0.1) is 0 Å². The van der Waals surface area contributed by atoms with Gasteiger partial charge in [0.2, 0.25) is 0 Å². The Labute approximate surface area is 138 Å². The molecular formula is C15H18ClN3O4. The molecule has 0 spiro atoms. The summed E-state index contributed by atoms with van der Waals surface area (Å²) in [5.41, 5.74) is -0.565. The second-order valence-corrected chi connectivity index (χ2v) is 6.15. The normalized spacial score (nSPS) is 20.6. The van der Waals surface area contributed by atoms with Crippen molar-refractivity contribution in [2.45, 2.75) is 32.9 Å². The zero-order valence-corrected chi connectivity index (χ0v) is 14.1. The number of pyridine rings is 1. The number of aromatic nitrogens is 1. The first-order valence-corrected chi connectivity index (χ1v) is 7.41. The lowest BCUT2D eigenvalue weighted by Crippen LogP contribution is -2.41. The summed E-state index contributed by atoms with van der Waals surface area (Å²) in [6, 6.07) is 1.39. The molecule has 0 saturated carbocycles. The maximum absolute atomic E-state index is 12.2. The molecule has 1 atom stereocenters. The van der Waals surface area contributed by atoms with Crippen LogP contribution in [0.4, 0.5) is 0 Å².